The van der Waals surface area contributed by atoms with E-state index in [0.29, 0.717) is 18.1 Å². The first-order valence-electron chi connectivity index (χ1n) is 11.8. The summed E-state index contributed by atoms with van der Waals surface area (Å²) in [6.45, 7) is 3.89. The highest BCUT2D eigenvalue weighted by Crippen LogP contribution is 2.30. The highest BCUT2D eigenvalue weighted by molar-refractivity contribution is 6.08. The number of hydrogen-bond donors (Lipinski definition) is 2. The van der Waals surface area contributed by atoms with Gasteiger partial charge in [-0.15, -0.1) is 0 Å². The number of carbonyl (C=O) groups is 1. The van der Waals surface area contributed by atoms with Gasteiger partial charge in [-0.25, -0.2) is 4.98 Å². The standard InChI is InChI=1S/C28H32N2O3/c1-18(19(2)32)13-28(33)24-15-27(30-26-11-12-29-16-25(24)26)23-9-7-21(8-10-23)14-20-3-5-22(17-31)6-4-20/h7-12,14-16,18-19,22,31-32H,3-6,13,17H2,1-2H3/t18-,19?,22?/m1/s1. The average molecular weight is 445 g/mol. The molecule has 0 aliphatic heterocycles. The maximum Gasteiger partial charge on any atom is 0.164 e. The van der Waals surface area contributed by atoms with Gasteiger partial charge >= 0.3 is 0 Å². The van der Waals surface area contributed by atoms with Crippen LogP contribution in [-0.2, 0) is 0 Å². The first kappa shape index (κ1) is 23.3. The lowest BCUT2D eigenvalue weighted by atomic mass is 9.85. The fraction of sp³-hybridized carbons (Fsp3) is 0.393. The second-order valence-electron chi connectivity index (χ2n) is 9.34. The number of fused-ring (bicyclic) bond motifs is 1. The van der Waals surface area contributed by atoms with E-state index >= 15 is 0 Å². The fourth-order valence-electron chi connectivity index (χ4n) is 4.38. The zero-order valence-electron chi connectivity index (χ0n) is 19.4. The Kier molecular flexibility index (Phi) is 7.31. The van der Waals surface area contributed by atoms with Crippen LogP contribution in [0.4, 0.5) is 0 Å². The lowest BCUT2D eigenvalue weighted by Crippen LogP contribution is -2.17. The molecule has 0 bridgehead atoms. The maximum atomic E-state index is 13.1. The van der Waals surface area contributed by atoms with Gasteiger partial charge in [-0.2, -0.15) is 0 Å². The topological polar surface area (TPSA) is 83.3 Å². The molecule has 1 unspecified atom stereocenters. The number of benzene rings is 1. The predicted octanol–water partition coefficient (Wildman–Crippen LogP) is 5.45. The molecule has 2 atom stereocenters. The molecular formula is C28H32N2O3. The van der Waals surface area contributed by atoms with E-state index in [1.54, 1.807) is 19.3 Å². The van der Waals surface area contributed by atoms with E-state index in [0.717, 1.165) is 53.4 Å². The largest absolute Gasteiger partial charge is 0.396 e. The van der Waals surface area contributed by atoms with Gasteiger partial charge in [-0.3, -0.25) is 9.78 Å². The van der Waals surface area contributed by atoms with Crippen LogP contribution in [-0.4, -0.2) is 38.7 Å². The highest BCUT2D eigenvalue weighted by atomic mass is 16.3. The molecule has 1 aliphatic rings. The van der Waals surface area contributed by atoms with Gasteiger partial charge in [0.2, 0.25) is 0 Å². The van der Waals surface area contributed by atoms with Gasteiger partial charge in [-0.05, 0) is 62.1 Å². The van der Waals surface area contributed by atoms with Crippen LogP contribution in [0.1, 0.15) is 61.9 Å². The Morgan fingerprint density at radius 3 is 2.55 bits per heavy atom. The number of pyridine rings is 2. The summed E-state index contributed by atoms with van der Waals surface area (Å²) in [6, 6.07) is 12.0. The van der Waals surface area contributed by atoms with Crippen LogP contribution in [0.15, 0.2) is 54.4 Å². The Hall–Kier alpha value is -2.89. The van der Waals surface area contributed by atoms with Gasteiger partial charge in [0, 0.05) is 41.9 Å². The lowest BCUT2D eigenvalue weighted by molar-refractivity contribution is 0.0870. The molecule has 5 heteroatoms. The van der Waals surface area contributed by atoms with Gasteiger partial charge in [0.1, 0.15) is 0 Å². The van der Waals surface area contributed by atoms with Crippen LogP contribution >= 0.6 is 0 Å². The molecule has 33 heavy (non-hydrogen) atoms. The lowest BCUT2D eigenvalue weighted by Gasteiger charge is -2.21. The molecule has 1 fully saturated rings. The Morgan fingerprint density at radius 2 is 1.88 bits per heavy atom. The molecule has 172 valence electrons. The second-order valence-corrected chi connectivity index (χ2v) is 9.34. The van der Waals surface area contributed by atoms with Crippen LogP contribution in [0.3, 0.4) is 0 Å². The molecule has 0 spiro atoms. The van der Waals surface area contributed by atoms with E-state index in [9.17, 15) is 15.0 Å². The van der Waals surface area contributed by atoms with Crippen molar-refractivity contribution in [3.8, 4) is 11.3 Å². The average Bonchev–Trinajstić information content (AvgIpc) is 2.84. The summed E-state index contributed by atoms with van der Waals surface area (Å²) in [5, 5.41) is 19.9. The van der Waals surface area contributed by atoms with Crippen molar-refractivity contribution in [1.82, 2.24) is 9.97 Å². The summed E-state index contributed by atoms with van der Waals surface area (Å²) in [5.74, 6) is 0.310. The summed E-state index contributed by atoms with van der Waals surface area (Å²) in [7, 11) is 0. The summed E-state index contributed by atoms with van der Waals surface area (Å²) in [4.78, 5) is 22.1. The van der Waals surface area contributed by atoms with Gasteiger partial charge in [0.05, 0.1) is 17.3 Å². The number of rotatable bonds is 7. The van der Waals surface area contributed by atoms with Crippen molar-refractivity contribution in [3.05, 3.63) is 65.5 Å². The van der Waals surface area contributed by atoms with Crippen molar-refractivity contribution in [2.24, 2.45) is 11.8 Å². The quantitative estimate of drug-likeness (QED) is 0.473. The maximum absolute atomic E-state index is 13.1. The molecule has 5 nitrogen and oxygen atoms in total. The number of allylic oxidation sites excluding steroid dienone is 1. The fourth-order valence-corrected chi connectivity index (χ4v) is 4.38. The molecule has 1 aromatic carbocycles. The minimum Gasteiger partial charge on any atom is -0.396 e. The Bertz CT molecular complexity index is 1140. The molecule has 2 aromatic heterocycles. The monoisotopic (exact) mass is 444 g/mol. The van der Waals surface area contributed by atoms with Crippen LogP contribution in [0.5, 0.6) is 0 Å². The highest BCUT2D eigenvalue weighted by Gasteiger charge is 2.19. The summed E-state index contributed by atoms with van der Waals surface area (Å²) >= 11 is 0. The summed E-state index contributed by atoms with van der Waals surface area (Å²) in [6.07, 6.45) is 9.56. The van der Waals surface area contributed by atoms with E-state index in [-0.39, 0.29) is 18.1 Å². The van der Waals surface area contributed by atoms with Crippen molar-refractivity contribution in [1.29, 1.82) is 0 Å². The zero-order chi connectivity index (χ0) is 23.4. The third-order valence-electron chi connectivity index (χ3n) is 6.82. The van der Waals surface area contributed by atoms with E-state index < -0.39 is 6.10 Å². The normalized spacial score (nSPS) is 18.2. The molecule has 1 aliphatic carbocycles. The van der Waals surface area contributed by atoms with Crippen LogP contribution in [0, 0.1) is 11.8 Å². The number of hydrogen-bond acceptors (Lipinski definition) is 5. The third kappa shape index (κ3) is 5.55. The first-order chi connectivity index (χ1) is 15.9. The van der Waals surface area contributed by atoms with Gasteiger partial charge in [0.15, 0.2) is 5.78 Å². The van der Waals surface area contributed by atoms with Gasteiger partial charge in [0.25, 0.3) is 0 Å². The third-order valence-corrected chi connectivity index (χ3v) is 6.82. The number of aliphatic hydroxyl groups excluding tert-OH is 2. The molecule has 3 aromatic rings. The Labute approximate surface area is 195 Å². The molecule has 0 radical (unpaired) electrons. The Morgan fingerprint density at radius 1 is 1.15 bits per heavy atom. The minimum absolute atomic E-state index is 0.00937. The van der Waals surface area contributed by atoms with E-state index in [1.165, 1.54) is 5.57 Å². The van der Waals surface area contributed by atoms with Crippen molar-refractivity contribution >= 4 is 22.8 Å². The molecule has 0 amide bonds. The first-order valence-corrected chi connectivity index (χ1v) is 11.8. The van der Waals surface area contributed by atoms with Crippen molar-refractivity contribution in [2.45, 2.75) is 52.1 Å². The summed E-state index contributed by atoms with van der Waals surface area (Å²) < 4.78 is 0. The van der Waals surface area contributed by atoms with E-state index in [2.05, 4.69) is 23.2 Å². The second kappa shape index (κ2) is 10.4. The van der Waals surface area contributed by atoms with E-state index in [4.69, 9.17) is 4.98 Å². The molecule has 4 rings (SSSR count). The molecule has 2 N–H and O–H groups in total. The van der Waals surface area contributed by atoms with Crippen molar-refractivity contribution in [3.63, 3.8) is 0 Å². The molecule has 2 heterocycles. The molecule has 1 saturated carbocycles. The molecule has 0 saturated heterocycles. The van der Waals surface area contributed by atoms with Crippen LogP contribution in [0.2, 0.25) is 0 Å². The zero-order valence-corrected chi connectivity index (χ0v) is 19.4. The van der Waals surface area contributed by atoms with E-state index in [1.807, 2.05) is 31.2 Å². The van der Waals surface area contributed by atoms with Crippen molar-refractivity contribution in [2.75, 3.05) is 6.61 Å². The number of aliphatic hydroxyl groups is 2. The number of carbonyl (C=O) groups excluding carboxylic acids is 1. The number of ketones is 1. The number of Topliss-reactive ketones (excluding diaryl/α,β-unsaturated/α-hetero) is 1. The van der Waals surface area contributed by atoms with Gasteiger partial charge < -0.3 is 10.2 Å². The molecular weight excluding hydrogens is 412 g/mol. The Balaban J connectivity index is 1.61. The van der Waals surface area contributed by atoms with Crippen LogP contribution < -0.4 is 0 Å². The van der Waals surface area contributed by atoms with Crippen molar-refractivity contribution < 1.29 is 15.0 Å². The van der Waals surface area contributed by atoms with Gasteiger partial charge in [-0.1, -0.05) is 42.8 Å². The summed E-state index contributed by atoms with van der Waals surface area (Å²) in [5.41, 5.74) is 5.64. The SMILES string of the molecule is CC(O)[C@H](C)CC(=O)c1cc(-c2ccc(C=C3CCC(CO)CC3)cc2)nc2ccncc12. The number of nitrogens with zero attached hydrogens (tertiary/aromatic N) is 2. The smallest absolute Gasteiger partial charge is 0.164 e. The predicted molar refractivity (Wildman–Crippen MR) is 132 cm³/mol. The van der Waals surface area contributed by atoms with Crippen LogP contribution in [0.25, 0.3) is 28.2 Å². The number of aromatic nitrogens is 2. The minimum atomic E-state index is -0.542.